The summed E-state index contributed by atoms with van der Waals surface area (Å²) in [6.07, 6.45) is 0. The zero-order valence-corrected chi connectivity index (χ0v) is 13.2. The Hall–Kier alpha value is -1.88. The standard InChI is InChI=1S/C16H22N2O3/c1-10(2)14-17-12-8-6-7-11(15(19)20)13(12)18(14)9-16(3,4)21-5/h6-8,10H,9H2,1-5H3,(H,19,20). The quantitative estimate of drug-likeness (QED) is 0.917. The zero-order chi connectivity index (χ0) is 15.8. The van der Waals surface area contributed by atoms with Gasteiger partial charge in [-0.1, -0.05) is 19.9 Å². The van der Waals surface area contributed by atoms with Gasteiger partial charge >= 0.3 is 5.97 Å². The van der Waals surface area contributed by atoms with Gasteiger partial charge in [-0.2, -0.15) is 0 Å². The second kappa shape index (κ2) is 5.48. The molecule has 1 aromatic carbocycles. The Morgan fingerprint density at radius 1 is 1.43 bits per heavy atom. The van der Waals surface area contributed by atoms with Crippen molar-refractivity contribution in [1.29, 1.82) is 0 Å². The zero-order valence-electron chi connectivity index (χ0n) is 13.2. The lowest BCUT2D eigenvalue weighted by Crippen LogP contribution is -2.30. The van der Waals surface area contributed by atoms with Crippen LogP contribution in [0.1, 0.15) is 49.8 Å². The second-order valence-electron chi connectivity index (χ2n) is 6.15. The number of aromatic carboxylic acids is 1. The summed E-state index contributed by atoms with van der Waals surface area (Å²) in [4.78, 5) is 16.1. The maximum atomic E-state index is 11.5. The smallest absolute Gasteiger partial charge is 0.337 e. The van der Waals surface area contributed by atoms with Crippen molar-refractivity contribution in [2.24, 2.45) is 0 Å². The number of para-hydroxylation sites is 1. The van der Waals surface area contributed by atoms with Crippen LogP contribution < -0.4 is 0 Å². The number of carboxylic acid groups (broad SMARTS) is 1. The van der Waals surface area contributed by atoms with E-state index >= 15 is 0 Å². The Labute approximate surface area is 124 Å². The van der Waals surface area contributed by atoms with Gasteiger partial charge in [0.15, 0.2) is 0 Å². The molecule has 114 valence electrons. The van der Waals surface area contributed by atoms with Crippen molar-refractivity contribution < 1.29 is 14.6 Å². The van der Waals surface area contributed by atoms with E-state index in [0.717, 1.165) is 5.82 Å². The number of aromatic nitrogens is 2. The van der Waals surface area contributed by atoms with E-state index in [2.05, 4.69) is 18.8 Å². The summed E-state index contributed by atoms with van der Waals surface area (Å²) in [5.41, 5.74) is 1.26. The van der Waals surface area contributed by atoms with Crippen molar-refractivity contribution in [3.63, 3.8) is 0 Å². The minimum absolute atomic E-state index is 0.201. The molecular formula is C16H22N2O3. The summed E-state index contributed by atoms with van der Waals surface area (Å²) in [5.74, 6) is 0.141. The summed E-state index contributed by atoms with van der Waals surface area (Å²) in [6, 6.07) is 5.20. The summed E-state index contributed by atoms with van der Waals surface area (Å²) in [7, 11) is 1.66. The molecule has 1 N–H and O–H groups in total. The number of carboxylic acids is 1. The molecule has 0 atom stereocenters. The molecule has 21 heavy (non-hydrogen) atoms. The van der Waals surface area contributed by atoms with Crippen molar-refractivity contribution in [2.75, 3.05) is 7.11 Å². The van der Waals surface area contributed by atoms with E-state index in [9.17, 15) is 9.90 Å². The number of nitrogens with zero attached hydrogens (tertiary/aromatic N) is 2. The molecule has 1 aromatic heterocycles. The minimum atomic E-state index is -0.938. The lowest BCUT2D eigenvalue weighted by molar-refractivity contribution is 0.00823. The first-order chi connectivity index (χ1) is 9.76. The molecule has 0 aliphatic rings. The third-order valence-electron chi connectivity index (χ3n) is 3.63. The van der Waals surface area contributed by atoms with Crippen molar-refractivity contribution in [1.82, 2.24) is 9.55 Å². The average molecular weight is 290 g/mol. The van der Waals surface area contributed by atoms with Crippen LogP contribution in [0.2, 0.25) is 0 Å². The molecule has 5 nitrogen and oxygen atoms in total. The van der Waals surface area contributed by atoms with E-state index in [1.54, 1.807) is 19.2 Å². The average Bonchev–Trinajstić information content (AvgIpc) is 2.77. The van der Waals surface area contributed by atoms with Gasteiger partial charge in [-0.15, -0.1) is 0 Å². The Morgan fingerprint density at radius 3 is 2.62 bits per heavy atom. The Kier molecular flexibility index (Phi) is 4.05. The molecule has 0 amide bonds. The highest BCUT2D eigenvalue weighted by Crippen LogP contribution is 2.27. The normalized spacial score (nSPS) is 12.3. The lowest BCUT2D eigenvalue weighted by atomic mass is 10.1. The number of imidazole rings is 1. The van der Waals surface area contributed by atoms with Gasteiger partial charge in [0.25, 0.3) is 0 Å². The van der Waals surface area contributed by atoms with E-state index in [1.165, 1.54) is 0 Å². The highest BCUT2D eigenvalue weighted by molar-refractivity contribution is 6.01. The van der Waals surface area contributed by atoms with E-state index in [4.69, 9.17) is 4.74 Å². The minimum Gasteiger partial charge on any atom is -0.478 e. The molecule has 1 heterocycles. The Morgan fingerprint density at radius 2 is 2.10 bits per heavy atom. The fraction of sp³-hybridized carbons (Fsp3) is 0.500. The van der Waals surface area contributed by atoms with Gasteiger partial charge in [0.2, 0.25) is 0 Å². The number of ether oxygens (including phenoxy) is 1. The van der Waals surface area contributed by atoms with Crippen LogP contribution in [0.4, 0.5) is 0 Å². The maximum absolute atomic E-state index is 11.5. The molecule has 0 saturated heterocycles. The number of hydrogen-bond donors (Lipinski definition) is 1. The third kappa shape index (κ3) is 2.93. The number of fused-ring (bicyclic) bond motifs is 1. The van der Waals surface area contributed by atoms with Crippen LogP contribution in [0.3, 0.4) is 0 Å². The molecule has 2 aromatic rings. The van der Waals surface area contributed by atoms with Gasteiger partial charge in [-0.25, -0.2) is 9.78 Å². The van der Waals surface area contributed by atoms with Gasteiger partial charge in [0.1, 0.15) is 5.82 Å². The molecule has 0 bridgehead atoms. The van der Waals surface area contributed by atoms with Crippen LogP contribution >= 0.6 is 0 Å². The number of hydrogen-bond acceptors (Lipinski definition) is 3. The predicted molar refractivity (Wildman–Crippen MR) is 81.9 cm³/mol. The molecule has 0 unspecified atom stereocenters. The topological polar surface area (TPSA) is 64.4 Å². The van der Waals surface area contributed by atoms with Gasteiger partial charge in [0.05, 0.1) is 28.7 Å². The van der Waals surface area contributed by atoms with Gasteiger partial charge < -0.3 is 14.4 Å². The molecule has 0 fully saturated rings. The van der Waals surface area contributed by atoms with Gasteiger partial charge in [-0.05, 0) is 26.0 Å². The molecular weight excluding hydrogens is 268 g/mol. The largest absolute Gasteiger partial charge is 0.478 e. The molecule has 0 radical (unpaired) electrons. The first-order valence-electron chi connectivity index (χ1n) is 7.04. The third-order valence-corrected chi connectivity index (χ3v) is 3.63. The number of benzene rings is 1. The molecule has 0 aliphatic heterocycles. The Balaban J connectivity index is 2.74. The predicted octanol–water partition coefficient (Wildman–Crippen LogP) is 3.28. The van der Waals surface area contributed by atoms with Gasteiger partial charge in [0, 0.05) is 13.0 Å². The van der Waals surface area contributed by atoms with Crippen molar-refractivity contribution >= 4 is 17.0 Å². The summed E-state index contributed by atoms with van der Waals surface area (Å²) in [6.45, 7) is 8.62. The summed E-state index contributed by atoms with van der Waals surface area (Å²) >= 11 is 0. The number of methoxy groups -OCH3 is 1. The summed E-state index contributed by atoms with van der Waals surface area (Å²) in [5, 5.41) is 9.44. The first kappa shape index (κ1) is 15.5. The first-order valence-corrected chi connectivity index (χ1v) is 7.04. The van der Waals surface area contributed by atoms with Crippen LogP contribution in [0.15, 0.2) is 18.2 Å². The van der Waals surface area contributed by atoms with E-state index in [1.807, 2.05) is 24.5 Å². The van der Waals surface area contributed by atoms with Crippen LogP contribution in [0, 0.1) is 0 Å². The van der Waals surface area contributed by atoms with Crippen LogP contribution in [-0.2, 0) is 11.3 Å². The van der Waals surface area contributed by atoms with E-state index < -0.39 is 11.6 Å². The van der Waals surface area contributed by atoms with E-state index in [0.29, 0.717) is 17.6 Å². The van der Waals surface area contributed by atoms with Crippen LogP contribution in [-0.4, -0.2) is 33.3 Å². The second-order valence-corrected chi connectivity index (χ2v) is 6.15. The lowest BCUT2D eigenvalue weighted by Gasteiger charge is -2.25. The number of carbonyl (C=O) groups is 1. The van der Waals surface area contributed by atoms with E-state index in [-0.39, 0.29) is 11.5 Å². The van der Waals surface area contributed by atoms with Crippen LogP contribution in [0.5, 0.6) is 0 Å². The highest BCUT2D eigenvalue weighted by Gasteiger charge is 2.25. The monoisotopic (exact) mass is 290 g/mol. The number of rotatable bonds is 5. The molecule has 0 spiro atoms. The highest BCUT2D eigenvalue weighted by atomic mass is 16.5. The molecule has 0 saturated carbocycles. The fourth-order valence-corrected chi connectivity index (χ4v) is 2.42. The van der Waals surface area contributed by atoms with Crippen molar-refractivity contribution in [3.8, 4) is 0 Å². The molecule has 5 heteroatoms. The fourth-order valence-electron chi connectivity index (χ4n) is 2.42. The molecule has 0 aliphatic carbocycles. The summed E-state index contributed by atoms with van der Waals surface area (Å²) < 4.78 is 7.48. The van der Waals surface area contributed by atoms with Crippen molar-refractivity contribution in [2.45, 2.75) is 45.8 Å². The maximum Gasteiger partial charge on any atom is 0.337 e. The van der Waals surface area contributed by atoms with Crippen LogP contribution in [0.25, 0.3) is 11.0 Å². The van der Waals surface area contributed by atoms with Gasteiger partial charge in [-0.3, -0.25) is 0 Å². The molecule has 2 rings (SSSR count). The Bertz CT molecular complexity index is 671. The van der Waals surface area contributed by atoms with Crippen molar-refractivity contribution in [3.05, 3.63) is 29.6 Å². The SMILES string of the molecule is COC(C)(C)Cn1c(C(C)C)nc2cccc(C(=O)O)c21.